The van der Waals surface area contributed by atoms with E-state index in [0.717, 1.165) is 38.1 Å². The Labute approximate surface area is 109 Å². The molecule has 1 aromatic rings. The molecule has 2 rings (SSSR count). The van der Waals surface area contributed by atoms with Crippen molar-refractivity contribution in [3.05, 3.63) is 18.2 Å². The second-order valence-corrected chi connectivity index (χ2v) is 7.33. The minimum Gasteiger partial charge on any atom is -0.338 e. The van der Waals surface area contributed by atoms with Crippen LogP contribution in [0.15, 0.2) is 12.4 Å². The molecule has 6 heteroatoms. The second-order valence-electron chi connectivity index (χ2n) is 5.06. The summed E-state index contributed by atoms with van der Waals surface area (Å²) in [5, 5.41) is 3.16. The molecular weight excluding hydrogens is 250 g/mol. The Hall–Kier alpha value is -0.880. The lowest BCUT2D eigenvalue weighted by Crippen LogP contribution is -2.40. The molecule has 1 aromatic heterocycles. The molecule has 1 saturated carbocycles. The zero-order valence-electron chi connectivity index (χ0n) is 11.0. The first kappa shape index (κ1) is 13.5. The summed E-state index contributed by atoms with van der Waals surface area (Å²) in [6, 6.07) is 0.111. The van der Waals surface area contributed by atoms with Crippen molar-refractivity contribution in [1.29, 1.82) is 0 Å². The van der Waals surface area contributed by atoms with E-state index in [9.17, 15) is 8.42 Å². The van der Waals surface area contributed by atoms with Gasteiger partial charge in [0.2, 0.25) is 0 Å². The van der Waals surface area contributed by atoms with Crippen LogP contribution in [0, 0.1) is 0 Å². The van der Waals surface area contributed by atoms with E-state index in [0.29, 0.717) is 0 Å². The summed E-state index contributed by atoms with van der Waals surface area (Å²) in [6.07, 6.45) is 8.62. The smallest absolute Gasteiger partial charge is 0.151 e. The quantitative estimate of drug-likeness (QED) is 0.848. The van der Waals surface area contributed by atoms with Gasteiger partial charge in [0.25, 0.3) is 0 Å². The summed E-state index contributed by atoms with van der Waals surface area (Å²) in [4.78, 5) is 4.25. The van der Waals surface area contributed by atoms with Crippen LogP contribution in [0.3, 0.4) is 0 Å². The molecule has 5 nitrogen and oxygen atoms in total. The third kappa shape index (κ3) is 3.11. The van der Waals surface area contributed by atoms with E-state index in [1.54, 1.807) is 6.20 Å². The van der Waals surface area contributed by atoms with E-state index in [1.807, 2.05) is 17.8 Å². The normalized spacial score (nSPS) is 24.6. The van der Waals surface area contributed by atoms with E-state index < -0.39 is 9.84 Å². The predicted molar refractivity (Wildman–Crippen MR) is 71.2 cm³/mol. The first-order valence-electron chi connectivity index (χ1n) is 6.37. The highest BCUT2D eigenvalue weighted by atomic mass is 32.2. The average Bonchev–Trinajstić information content (AvgIpc) is 2.87. The standard InChI is InChI=1S/C12H21N3O2S/c1-15-9-8-14-12(15)6-7-13-10-4-3-5-11(10)18(2,16)17/h8-11,13H,3-7H2,1-2H3. The highest BCUT2D eigenvalue weighted by molar-refractivity contribution is 7.91. The van der Waals surface area contributed by atoms with Gasteiger partial charge in [0.1, 0.15) is 5.82 Å². The SMILES string of the molecule is Cn1ccnc1CCNC1CCCC1S(C)(=O)=O. The van der Waals surface area contributed by atoms with E-state index in [4.69, 9.17) is 0 Å². The molecule has 2 unspecified atom stereocenters. The fourth-order valence-corrected chi connectivity index (χ4v) is 4.10. The summed E-state index contributed by atoms with van der Waals surface area (Å²) in [6.45, 7) is 0.779. The molecule has 102 valence electrons. The topological polar surface area (TPSA) is 64.0 Å². The van der Waals surface area contributed by atoms with Crippen LogP contribution >= 0.6 is 0 Å². The van der Waals surface area contributed by atoms with Gasteiger partial charge in [-0.2, -0.15) is 0 Å². The first-order chi connectivity index (χ1) is 8.48. The molecule has 0 saturated heterocycles. The van der Waals surface area contributed by atoms with Gasteiger partial charge in [-0.25, -0.2) is 13.4 Å². The third-order valence-corrected chi connectivity index (χ3v) is 5.34. The minimum absolute atomic E-state index is 0.111. The lowest BCUT2D eigenvalue weighted by molar-refractivity contribution is 0.505. The monoisotopic (exact) mass is 271 g/mol. The van der Waals surface area contributed by atoms with Gasteiger partial charge in [-0.1, -0.05) is 6.42 Å². The maximum Gasteiger partial charge on any atom is 0.151 e. The van der Waals surface area contributed by atoms with Crippen molar-refractivity contribution in [3.63, 3.8) is 0 Å². The Balaban J connectivity index is 1.85. The molecule has 18 heavy (non-hydrogen) atoms. The number of hydrogen-bond donors (Lipinski definition) is 1. The summed E-state index contributed by atoms with van der Waals surface area (Å²) < 4.78 is 25.3. The van der Waals surface area contributed by atoms with E-state index in [1.165, 1.54) is 6.26 Å². The number of sulfone groups is 1. The number of nitrogens with zero attached hydrogens (tertiary/aromatic N) is 2. The molecule has 1 fully saturated rings. The number of aromatic nitrogens is 2. The molecule has 1 aliphatic carbocycles. The number of nitrogens with one attached hydrogen (secondary N) is 1. The molecule has 1 N–H and O–H groups in total. The Bertz CT molecular complexity index is 495. The molecule has 2 atom stereocenters. The summed E-state index contributed by atoms with van der Waals surface area (Å²) in [5.41, 5.74) is 0. The van der Waals surface area contributed by atoms with Crippen molar-refractivity contribution in [1.82, 2.24) is 14.9 Å². The molecule has 0 spiro atoms. The van der Waals surface area contributed by atoms with Crippen molar-refractivity contribution in [2.75, 3.05) is 12.8 Å². The van der Waals surface area contributed by atoms with Crippen molar-refractivity contribution >= 4 is 9.84 Å². The summed E-state index contributed by atoms with van der Waals surface area (Å²) >= 11 is 0. The van der Waals surface area contributed by atoms with Crippen molar-refractivity contribution in [3.8, 4) is 0 Å². The van der Waals surface area contributed by atoms with Gasteiger partial charge < -0.3 is 9.88 Å². The Kier molecular flexibility index (Phi) is 4.07. The first-order valence-corrected chi connectivity index (χ1v) is 8.32. The van der Waals surface area contributed by atoms with E-state index in [-0.39, 0.29) is 11.3 Å². The fraction of sp³-hybridized carbons (Fsp3) is 0.750. The van der Waals surface area contributed by atoms with Crippen molar-refractivity contribution < 1.29 is 8.42 Å². The number of aryl methyl sites for hydroxylation is 1. The predicted octanol–water partition coefficient (Wildman–Crippen LogP) is 0.518. The lowest BCUT2D eigenvalue weighted by atomic mass is 10.2. The van der Waals surface area contributed by atoms with Gasteiger partial charge in [0.05, 0.1) is 5.25 Å². The molecule has 0 radical (unpaired) electrons. The summed E-state index contributed by atoms with van der Waals surface area (Å²) in [5.74, 6) is 1.02. The Morgan fingerprint density at radius 2 is 2.28 bits per heavy atom. The Morgan fingerprint density at radius 1 is 1.50 bits per heavy atom. The van der Waals surface area contributed by atoms with Crippen LogP contribution in [0.2, 0.25) is 0 Å². The van der Waals surface area contributed by atoms with Gasteiger partial charge in [0, 0.05) is 44.7 Å². The highest BCUT2D eigenvalue weighted by Crippen LogP contribution is 2.24. The van der Waals surface area contributed by atoms with Gasteiger partial charge in [-0.05, 0) is 12.8 Å². The van der Waals surface area contributed by atoms with Gasteiger partial charge in [-0.3, -0.25) is 0 Å². The second kappa shape index (κ2) is 5.40. The van der Waals surface area contributed by atoms with Crippen molar-refractivity contribution in [2.24, 2.45) is 7.05 Å². The largest absolute Gasteiger partial charge is 0.338 e. The van der Waals surface area contributed by atoms with Crippen LogP contribution in [-0.2, 0) is 23.3 Å². The van der Waals surface area contributed by atoms with Crippen LogP contribution in [0.1, 0.15) is 25.1 Å². The van der Waals surface area contributed by atoms with E-state index >= 15 is 0 Å². The van der Waals surface area contributed by atoms with Gasteiger partial charge >= 0.3 is 0 Å². The van der Waals surface area contributed by atoms with Crippen LogP contribution in [0.25, 0.3) is 0 Å². The lowest BCUT2D eigenvalue weighted by Gasteiger charge is -2.19. The third-order valence-electron chi connectivity index (χ3n) is 3.68. The Morgan fingerprint density at radius 3 is 2.89 bits per heavy atom. The van der Waals surface area contributed by atoms with Crippen LogP contribution in [0.5, 0.6) is 0 Å². The minimum atomic E-state index is -2.93. The molecule has 1 heterocycles. The number of rotatable bonds is 5. The maximum atomic E-state index is 11.6. The average molecular weight is 271 g/mol. The van der Waals surface area contributed by atoms with Crippen molar-refractivity contribution in [2.45, 2.75) is 37.0 Å². The zero-order chi connectivity index (χ0) is 13.2. The van der Waals surface area contributed by atoms with Crippen LogP contribution in [0.4, 0.5) is 0 Å². The number of imidazole rings is 1. The molecular formula is C12H21N3O2S. The molecule has 1 aliphatic rings. The summed E-state index contributed by atoms with van der Waals surface area (Å²) in [7, 11) is -0.958. The van der Waals surface area contributed by atoms with Gasteiger partial charge in [-0.15, -0.1) is 0 Å². The molecule has 0 amide bonds. The van der Waals surface area contributed by atoms with Crippen LogP contribution in [-0.4, -0.2) is 42.1 Å². The van der Waals surface area contributed by atoms with E-state index in [2.05, 4.69) is 10.3 Å². The zero-order valence-corrected chi connectivity index (χ0v) is 11.8. The molecule has 0 aliphatic heterocycles. The fourth-order valence-electron chi connectivity index (χ4n) is 2.68. The van der Waals surface area contributed by atoms with Crippen LogP contribution < -0.4 is 5.32 Å². The number of hydrogen-bond acceptors (Lipinski definition) is 4. The highest BCUT2D eigenvalue weighted by Gasteiger charge is 2.34. The molecule has 0 aromatic carbocycles. The van der Waals surface area contributed by atoms with Gasteiger partial charge in [0.15, 0.2) is 9.84 Å². The molecule has 0 bridgehead atoms. The maximum absolute atomic E-state index is 11.6.